The van der Waals surface area contributed by atoms with Crippen molar-refractivity contribution in [3.05, 3.63) is 35.4 Å². The average Bonchev–Trinajstić information content (AvgIpc) is 2.43. The number of rotatable bonds is 3. The first kappa shape index (κ1) is 14.6. The molecule has 4 aliphatic heterocycles. The quantitative estimate of drug-likeness (QED) is 0.444. The van der Waals surface area contributed by atoms with Gasteiger partial charge >= 0.3 is 0 Å². The van der Waals surface area contributed by atoms with Crippen LogP contribution in [0.4, 0.5) is 0 Å². The Bertz CT molecular complexity index is 508. The van der Waals surface area contributed by atoms with Crippen molar-refractivity contribution < 1.29 is 20.0 Å². The molecule has 0 radical (unpaired) electrons. The molecule has 0 unspecified atom stereocenters. The smallest absolute Gasteiger partial charge is 0.244 e. The highest BCUT2D eigenvalue weighted by Crippen LogP contribution is 2.21. The van der Waals surface area contributed by atoms with Crippen LogP contribution in [-0.4, -0.2) is 45.2 Å². The summed E-state index contributed by atoms with van der Waals surface area (Å²) in [5.74, 6) is 0. The third-order valence-electron chi connectivity index (χ3n) is 5.90. The van der Waals surface area contributed by atoms with E-state index in [2.05, 4.69) is 50.4 Å². The van der Waals surface area contributed by atoms with Gasteiger partial charge in [0.2, 0.25) is 25.5 Å². The summed E-state index contributed by atoms with van der Waals surface area (Å²) in [7, 11) is 0. The highest BCUT2D eigenvalue weighted by Gasteiger charge is 2.60. The molecule has 0 atom stereocenters. The topological polar surface area (TPSA) is 29.9 Å². The minimum Gasteiger partial charge on any atom is -0.323 e. The van der Waals surface area contributed by atoms with E-state index in [0.717, 1.165) is 6.54 Å². The maximum atomic E-state index is 2.66. The number of nitrogens with two attached hydrogens (primary N) is 1. The molecule has 0 saturated carbocycles. The zero-order valence-electron chi connectivity index (χ0n) is 14.3. The van der Waals surface area contributed by atoms with Crippen LogP contribution in [0.2, 0.25) is 0 Å². The first-order chi connectivity index (χ1) is 10.4. The molecule has 120 valence electrons. The highest BCUT2D eigenvalue weighted by molar-refractivity contribution is 5.27. The van der Waals surface area contributed by atoms with Crippen LogP contribution in [0.3, 0.4) is 0 Å². The first-order valence-corrected chi connectivity index (χ1v) is 8.86. The lowest BCUT2D eigenvalue weighted by Crippen LogP contribution is -3.58. The van der Waals surface area contributed by atoms with E-state index >= 15 is 0 Å². The van der Waals surface area contributed by atoms with E-state index in [0.29, 0.717) is 5.54 Å². The van der Waals surface area contributed by atoms with Gasteiger partial charge < -0.3 is 5.32 Å². The molecule has 0 aliphatic carbocycles. The van der Waals surface area contributed by atoms with E-state index in [4.69, 9.17) is 0 Å². The largest absolute Gasteiger partial charge is 0.323 e. The number of quaternary nitrogens is 4. The lowest BCUT2D eigenvalue weighted by atomic mass is 9.86. The van der Waals surface area contributed by atoms with Gasteiger partial charge in [0, 0.05) is 5.56 Å². The Balaban J connectivity index is 1.42. The maximum absolute atomic E-state index is 2.66. The normalized spacial score (nSPS) is 36.8. The summed E-state index contributed by atoms with van der Waals surface area (Å²) >= 11 is 0. The molecule has 4 aliphatic rings. The first-order valence-electron chi connectivity index (χ1n) is 8.86. The summed E-state index contributed by atoms with van der Waals surface area (Å²) in [5.41, 5.74) is 3.67. The van der Waals surface area contributed by atoms with Crippen LogP contribution in [0.5, 0.6) is 0 Å². The van der Waals surface area contributed by atoms with Crippen molar-refractivity contribution in [1.82, 2.24) is 0 Å². The molecule has 0 aromatic heterocycles. The molecule has 4 heterocycles. The van der Waals surface area contributed by atoms with Gasteiger partial charge in [-0.15, -0.1) is 0 Å². The summed E-state index contributed by atoms with van der Waals surface area (Å²) in [6, 6.07) is 9.32. The minimum atomic E-state index is 0.256. The van der Waals surface area contributed by atoms with E-state index in [1.54, 1.807) is 0 Å². The lowest BCUT2D eigenvalue weighted by Gasteiger charge is -2.50. The summed E-state index contributed by atoms with van der Waals surface area (Å²) < 4.78 is 0. The molecule has 5 N–H and O–H groups in total. The van der Waals surface area contributed by atoms with Crippen molar-refractivity contribution in [3.8, 4) is 0 Å². The van der Waals surface area contributed by atoms with Gasteiger partial charge in [0.05, 0.1) is 0 Å². The molecule has 1 aromatic rings. The third-order valence-corrected chi connectivity index (χ3v) is 5.90. The van der Waals surface area contributed by atoms with Crippen molar-refractivity contribution in [2.45, 2.75) is 38.3 Å². The number of hydrogen-bond donors (Lipinski definition) is 4. The van der Waals surface area contributed by atoms with Crippen molar-refractivity contribution in [2.24, 2.45) is 0 Å². The van der Waals surface area contributed by atoms with Crippen LogP contribution >= 0.6 is 0 Å². The molecule has 4 fully saturated rings. The van der Waals surface area contributed by atoms with Crippen LogP contribution < -0.4 is 20.0 Å². The molecule has 4 bridgehead atoms. The fourth-order valence-corrected chi connectivity index (χ4v) is 5.00. The SMILES string of the molecule is CC(C)(C)c1ccc(C[NH2+]C23C[NH+]4C[NH+](C[NH+](C4)C2)C3)cc1. The van der Waals surface area contributed by atoms with Gasteiger partial charge in [-0.1, -0.05) is 45.0 Å². The molecule has 0 amide bonds. The summed E-state index contributed by atoms with van der Waals surface area (Å²) in [5, 5.41) is 2.66. The molecule has 1 aromatic carbocycles. The van der Waals surface area contributed by atoms with E-state index in [1.165, 1.54) is 50.8 Å². The van der Waals surface area contributed by atoms with Gasteiger partial charge in [0.25, 0.3) is 0 Å². The molecular weight excluding hydrogens is 272 g/mol. The Hall–Kier alpha value is -0.940. The zero-order chi connectivity index (χ0) is 15.4. The lowest BCUT2D eigenvalue weighted by molar-refractivity contribution is -1.31. The number of benzene rings is 1. The van der Waals surface area contributed by atoms with Crippen LogP contribution in [0.25, 0.3) is 0 Å². The Morgan fingerprint density at radius 3 is 1.86 bits per heavy atom. The third kappa shape index (κ3) is 2.69. The van der Waals surface area contributed by atoms with Crippen LogP contribution in [-0.2, 0) is 12.0 Å². The van der Waals surface area contributed by atoms with Crippen molar-refractivity contribution in [3.63, 3.8) is 0 Å². The van der Waals surface area contributed by atoms with Gasteiger partial charge in [0.15, 0.2) is 19.6 Å². The second-order valence-electron chi connectivity index (χ2n) is 9.03. The van der Waals surface area contributed by atoms with Crippen LogP contribution in [0.1, 0.15) is 31.9 Å². The summed E-state index contributed by atoms with van der Waals surface area (Å²) in [6.07, 6.45) is 0. The summed E-state index contributed by atoms with van der Waals surface area (Å²) in [4.78, 5) is 5.48. The van der Waals surface area contributed by atoms with Gasteiger partial charge in [-0.05, 0) is 11.0 Å². The van der Waals surface area contributed by atoms with Crippen LogP contribution in [0, 0.1) is 0 Å². The highest BCUT2D eigenvalue weighted by atomic mass is 15.6. The number of nitrogens with one attached hydrogen (secondary N) is 3. The second kappa shape index (κ2) is 5.03. The maximum Gasteiger partial charge on any atom is 0.244 e. The molecule has 4 saturated heterocycles. The molecule has 22 heavy (non-hydrogen) atoms. The number of hydrogen-bond acceptors (Lipinski definition) is 0. The molecule has 5 rings (SSSR count). The van der Waals surface area contributed by atoms with Crippen molar-refractivity contribution in [2.75, 3.05) is 39.6 Å². The Labute approximate surface area is 134 Å². The molecular formula is C18H32N4+4. The van der Waals surface area contributed by atoms with Crippen LogP contribution in [0.15, 0.2) is 24.3 Å². The van der Waals surface area contributed by atoms with Crippen molar-refractivity contribution >= 4 is 0 Å². The van der Waals surface area contributed by atoms with E-state index < -0.39 is 0 Å². The fourth-order valence-electron chi connectivity index (χ4n) is 5.00. The fraction of sp³-hybridized carbons (Fsp3) is 0.667. The van der Waals surface area contributed by atoms with Crippen molar-refractivity contribution in [1.29, 1.82) is 0 Å². The predicted octanol–water partition coefficient (Wildman–Crippen LogP) is -3.65. The van der Waals surface area contributed by atoms with E-state index in [1.807, 2.05) is 14.7 Å². The minimum absolute atomic E-state index is 0.256. The summed E-state index contributed by atoms with van der Waals surface area (Å²) in [6.45, 7) is 16.2. The second-order valence-corrected chi connectivity index (χ2v) is 9.03. The van der Waals surface area contributed by atoms with Gasteiger partial charge in [0.1, 0.15) is 6.54 Å². The monoisotopic (exact) mass is 304 g/mol. The van der Waals surface area contributed by atoms with E-state index in [9.17, 15) is 0 Å². The Morgan fingerprint density at radius 2 is 1.41 bits per heavy atom. The zero-order valence-corrected chi connectivity index (χ0v) is 14.3. The average molecular weight is 304 g/mol. The van der Waals surface area contributed by atoms with Gasteiger partial charge in [-0.25, -0.2) is 14.7 Å². The van der Waals surface area contributed by atoms with Gasteiger partial charge in [-0.2, -0.15) is 0 Å². The molecule has 4 nitrogen and oxygen atoms in total. The predicted molar refractivity (Wildman–Crippen MR) is 85.6 cm³/mol. The molecule has 0 spiro atoms. The Morgan fingerprint density at radius 1 is 0.909 bits per heavy atom. The van der Waals surface area contributed by atoms with E-state index in [-0.39, 0.29) is 5.41 Å². The molecule has 4 heteroatoms. The Kier molecular flexibility index (Phi) is 3.35. The standard InChI is InChI=1S/C18H28N4/c1-17(2,3)16-6-4-15(5-7-16)8-19-18-9-20-12-21(10-18)14-22(11-18)13-20/h4-7,19H,8-14H2,1-3H3/p+4. The van der Waals surface area contributed by atoms with Gasteiger partial charge in [-0.3, -0.25) is 0 Å².